The molecule has 0 atom stereocenters. The van der Waals surface area contributed by atoms with Crippen LogP contribution in [0.4, 0.5) is 34.1 Å². The molecule has 0 saturated carbocycles. The van der Waals surface area contributed by atoms with Crippen LogP contribution in [0.2, 0.25) is 0 Å². The Kier molecular flexibility index (Phi) is 8.26. The lowest BCUT2D eigenvalue weighted by molar-refractivity contribution is 0.414. The first-order valence-corrected chi connectivity index (χ1v) is 14.3. The molecule has 5 aromatic rings. The molecular weight excluding hydrogens is 516 g/mol. The first kappa shape index (κ1) is 28.8. The summed E-state index contributed by atoms with van der Waals surface area (Å²) < 4.78 is 11.2. The van der Waals surface area contributed by atoms with Crippen molar-refractivity contribution in [1.29, 1.82) is 0 Å². The van der Waals surface area contributed by atoms with Crippen LogP contribution in [-0.4, -0.2) is 14.2 Å². The molecule has 0 N–H and O–H groups in total. The number of nitrogens with zero attached hydrogens (tertiary/aromatic N) is 2. The highest BCUT2D eigenvalue weighted by Gasteiger charge is 2.22. The second-order valence-corrected chi connectivity index (χ2v) is 11.1. The molecule has 0 spiro atoms. The topological polar surface area (TPSA) is 24.9 Å². The molecule has 5 aromatic carbocycles. The van der Waals surface area contributed by atoms with Crippen LogP contribution in [0, 0.1) is 41.5 Å². The molecule has 0 aliphatic carbocycles. The Bertz CT molecular complexity index is 1540. The number of anilines is 6. The smallest absolute Gasteiger partial charge is 0.119 e. The van der Waals surface area contributed by atoms with E-state index in [9.17, 15) is 0 Å². The van der Waals surface area contributed by atoms with Crippen LogP contribution in [0.25, 0.3) is 0 Å². The van der Waals surface area contributed by atoms with E-state index in [1.54, 1.807) is 14.2 Å². The summed E-state index contributed by atoms with van der Waals surface area (Å²) in [4.78, 5) is 4.68. The van der Waals surface area contributed by atoms with Crippen LogP contribution in [0.1, 0.15) is 33.4 Å². The first-order chi connectivity index (χ1) is 20.2. The number of hydrogen-bond donors (Lipinski definition) is 0. The van der Waals surface area contributed by atoms with E-state index in [-0.39, 0.29) is 0 Å². The predicted octanol–water partition coefficient (Wildman–Crippen LogP) is 10.5. The number of aryl methyl sites for hydroxylation is 6. The van der Waals surface area contributed by atoms with E-state index in [1.807, 2.05) is 0 Å². The summed E-state index contributed by atoms with van der Waals surface area (Å²) in [5, 5.41) is 0. The lowest BCUT2D eigenvalue weighted by Crippen LogP contribution is -2.16. The number of ether oxygens (including phenoxy) is 2. The zero-order valence-electron chi connectivity index (χ0n) is 25.9. The summed E-state index contributed by atoms with van der Waals surface area (Å²) in [7, 11) is 3.44. The second-order valence-electron chi connectivity index (χ2n) is 11.1. The molecule has 0 aliphatic rings. The van der Waals surface area contributed by atoms with E-state index in [0.717, 1.165) is 67.9 Å². The van der Waals surface area contributed by atoms with E-state index >= 15 is 0 Å². The molecule has 4 nitrogen and oxygen atoms in total. The summed E-state index contributed by atoms with van der Waals surface area (Å²) in [6, 6.07) is 34.7. The van der Waals surface area contributed by atoms with Gasteiger partial charge in [-0.3, -0.25) is 0 Å². The van der Waals surface area contributed by atoms with Crippen LogP contribution in [0.3, 0.4) is 0 Å². The molecule has 0 amide bonds. The van der Waals surface area contributed by atoms with Crippen LogP contribution in [-0.2, 0) is 0 Å². The van der Waals surface area contributed by atoms with Crippen LogP contribution in [0.15, 0.2) is 97.1 Å². The number of methoxy groups -OCH3 is 2. The maximum Gasteiger partial charge on any atom is 0.119 e. The lowest BCUT2D eigenvalue weighted by Gasteiger charge is -2.32. The SMILES string of the molecule is COc1cc(C)c(N(c2ccc(N(c3ccc(C)cc3)c3ccc(C)cc3)cc2)c2c(C)cc(OC)cc2C)c(C)c1. The van der Waals surface area contributed by atoms with Crippen molar-refractivity contribution in [2.45, 2.75) is 41.5 Å². The van der Waals surface area contributed by atoms with Crippen LogP contribution < -0.4 is 19.3 Å². The van der Waals surface area contributed by atoms with Crippen molar-refractivity contribution in [2.75, 3.05) is 24.0 Å². The van der Waals surface area contributed by atoms with Gasteiger partial charge in [0, 0.05) is 22.7 Å². The maximum absolute atomic E-state index is 5.60. The average Bonchev–Trinajstić information content (AvgIpc) is 2.98. The van der Waals surface area contributed by atoms with Crippen molar-refractivity contribution in [3.8, 4) is 11.5 Å². The van der Waals surface area contributed by atoms with Gasteiger partial charge in [-0.15, -0.1) is 0 Å². The van der Waals surface area contributed by atoms with Crippen molar-refractivity contribution in [3.05, 3.63) is 130 Å². The minimum atomic E-state index is 0.860. The zero-order valence-corrected chi connectivity index (χ0v) is 25.9. The first-order valence-electron chi connectivity index (χ1n) is 14.3. The van der Waals surface area contributed by atoms with Gasteiger partial charge in [0.2, 0.25) is 0 Å². The molecule has 0 aliphatic heterocycles. The minimum absolute atomic E-state index is 0.860. The Morgan fingerprint density at radius 2 is 0.643 bits per heavy atom. The van der Waals surface area contributed by atoms with E-state index in [0.29, 0.717) is 0 Å². The maximum atomic E-state index is 5.60. The highest BCUT2D eigenvalue weighted by molar-refractivity contribution is 5.86. The second kappa shape index (κ2) is 12.0. The summed E-state index contributed by atoms with van der Waals surface area (Å²) in [6.45, 7) is 12.8. The molecule has 0 heterocycles. The van der Waals surface area contributed by atoms with E-state index < -0.39 is 0 Å². The average molecular weight is 557 g/mol. The Morgan fingerprint density at radius 3 is 0.929 bits per heavy atom. The van der Waals surface area contributed by atoms with Gasteiger partial charge in [-0.25, -0.2) is 0 Å². The Hall–Kier alpha value is -4.70. The summed E-state index contributed by atoms with van der Waals surface area (Å²) >= 11 is 0. The highest BCUT2D eigenvalue weighted by atomic mass is 16.5. The van der Waals surface area contributed by atoms with Gasteiger partial charge in [-0.2, -0.15) is 0 Å². The molecule has 0 fully saturated rings. The van der Waals surface area contributed by atoms with Gasteiger partial charge in [-0.1, -0.05) is 35.4 Å². The van der Waals surface area contributed by atoms with Gasteiger partial charge in [0.15, 0.2) is 0 Å². The molecule has 0 aromatic heterocycles. The molecule has 5 rings (SSSR count). The standard InChI is InChI=1S/C38H40N2O2/c1-25-9-13-31(14-10-25)39(32-15-11-26(2)12-16-32)33-17-19-34(20-18-33)40(37-27(3)21-35(41-7)22-28(37)4)38-29(5)23-36(42-8)24-30(38)6/h9-24H,1-8H3. The Balaban J connectivity index is 1.67. The van der Waals surface area contributed by atoms with Crippen molar-refractivity contribution in [2.24, 2.45) is 0 Å². The molecular formula is C38H40N2O2. The van der Waals surface area contributed by atoms with Gasteiger partial charge in [0.25, 0.3) is 0 Å². The van der Waals surface area contributed by atoms with Gasteiger partial charge in [-0.05, 0) is 137 Å². The fraction of sp³-hybridized carbons (Fsp3) is 0.211. The Labute approximate surface area is 250 Å². The molecule has 0 radical (unpaired) electrons. The van der Waals surface area contributed by atoms with E-state index in [4.69, 9.17) is 9.47 Å². The van der Waals surface area contributed by atoms with Gasteiger partial charge in [0.1, 0.15) is 11.5 Å². The third kappa shape index (κ3) is 5.71. The van der Waals surface area contributed by atoms with Gasteiger partial charge < -0.3 is 19.3 Å². The molecule has 0 unspecified atom stereocenters. The molecule has 214 valence electrons. The Morgan fingerprint density at radius 1 is 0.381 bits per heavy atom. The third-order valence-corrected chi connectivity index (χ3v) is 7.80. The van der Waals surface area contributed by atoms with Crippen LogP contribution in [0.5, 0.6) is 11.5 Å². The fourth-order valence-corrected chi connectivity index (χ4v) is 5.73. The van der Waals surface area contributed by atoms with Crippen molar-refractivity contribution in [3.63, 3.8) is 0 Å². The highest BCUT2D eigenvalue weighted by Crippen LogP contribution is 2.45. The third-order valence-electron chi connectivity index (χ3n) is 7.80. The summed E-state index contributed by atoms with van der Waals surface area (Å²) in [5.74, 6) is 1.72. The van der Waals surface area contributed by atoms with Gasteiger partial charge >= 0.3 is 0 Å². The minimum Gasteiger partial charge on any atom is -0.497 e. The number of rotatable bonds is 8. The van der Waals surface area contributed by atoms with E-state index in [2.05, 4.69) is 148 Å². The fourth-order valence-electron chi connectivity index (χ4n) is 5.73. The summed E-state index contributed by atoms with van der Waals surface area (Å²) in [6.07, 6.45) is 0. The van der Waals surface area contributed by atoms with Crippen LogP contribution >= 0.6 is 0 Å². The number of hydrogen-bond acceptors (Lipinski definition) is 4. The number of benzene rings is 5. The van der Waals surface area contributed by atoms with Gasteiger partial charge in [0.05, 0.1) is 25.6 Å². The predicted molar refractivity (Wildman–Crippen MR) is 177 cm³/mol. The largest absolute Gasteiger partial charge is 0.497 e. The summed E-state index contributed by atoms with van der Waals surface area (Å²) in [5.41, 5.74) is 13.8. The van der Waals surface area contributed by atoms with Crippen molar-refractivity contribution in [1.82, 2.24) is 0 Å². The monoisotopic (exact) mass is 556 g/mol. The molecule has 0 saturated heterocycles. The lowest BCUT2D eigenvalue weighted by atomic mass is 10.0. The zero-order chi connectivity index (χ0) is 30.0. The molecule has 4 heteroatoms. The normalized spacial score (nSPS) is 10.9. The van der Waals surface area contributed by atoms with Crippen molar-refractivity contribution >= 4 is 34.1 Å². The van der Waals surface area contributed by atoms with Crippen molar-refractivity contribution < 1.29 is 9.47 Å². The molecule has 42 heavy (non-hydrogen) atoms. The quantitative estimate of drug-likeness (QED) is 0.190. The molecule has 0 bridgehead atoms. The van der Waals surface area contributed by atoms with E-state index in [1.165, 1.54) is 11.1 Å².